The van der Waals surface area contributed by atoms with Gasteiger partial charge in [-0.05, 0) is 41.1 Å². The summed E-state index contributed by atoms with van der Waals surface area (Å²) >= 11 is 6.66. The lowest BCUT2D eigenvalue weighted by Crippen LogP contribution is -2.29. The molecule has 1 aromatic rings. The van der Waals surface area contributed by atoms with Crippen molar-refractivity contribution in [3.05, 3.63) is 27.1 Å². The molecule has 0 aliphatic heterocycles. The molecule has 0 aromatic heterocycles. The van der Waals surface area contributed by atoms with E-state index in [2.05, 4.69) is 37.3 Å². The van der Waals surface area contributed by atoms with Crippen LogP contribution in [-0.2, 0) is 9.63 Å². The fraction of sp³-hybridized carbons (Fsp3) is 0.300. The molecule has 0 radical (unpaired) electrons. The average molecular weight is 353 g/mol. The van der Waals surface area contributed by atoms with Crippen LogP contribution in [0.15, 0.2) is 27.1 Å². The van der Waals surface area contributed by atoms with Crippen LogP contribution in [0.4, 0.5) is 0 Å². The third-order valence-corrected chi connectivity index (χ3v) is 2.70. The van der Waals surface area contributed by atoms with E-state index in [1.54, 1.807) is 13.0 Å². The van der Waals surface area contributed by atoms with Gasteiger partial charge in [0.15, 0.2) is 6.61 Å². The van der Waals surface area contributed by atoms with E-state index >= 15 is 0 Å². The number of amides is 1. The summed E-state index contributed by atoms with van der Waals surface area (Å²) in [6.45, 7) is 2.13. The third kappa shape index (κ3) is 4.51. The first-order chi connectivity index (χ1) is 7.63. The number of carbonyl (C=O) groups excluding carboxylic acids is 1. The molecule has 1 aromatic carbocycles. The maximum Gasteiger partial charge on any atom is 0.281 e. The zero-order valence-corrected chi connectivity index (χ0v) is 11.8. The molecule has 0 unspecified atom stereocenters. The Morgan fingerprint density at radius 1 is 1.44 bits per heavy atom. The summed E-state index contributed by atoms with van der Waals surface area (Å²) in [6, 6.07) is 5.44. The van der Waals surface area contributed by atoms with Crippen LogP contribution in [0, 0.1) is 0 Å². The van der Waals surface area contributed by atoms with Crippen molar-refractivity contribution in [3.8, 4) is 5.75 Å². The van der Waals surface area contributed by atoms with Crippen molar-refractivity contribution in [2.24, 2.45) is 0 Å². The van der Waals surface area contributed by atoms with Crippen molar-refractivity contribution in [1.29, 1.82) is 0 Å². The highest BCUT2D eigenvalue weighted by Crippen LogP contribution is 2.27. The number of hydroxylamine groups is 1. The molecule has 1 N–H and O–H groups in total. The number of nitrogens with one attached hydrogen (secondary N) is 1. The van der Waals surface area contributed by atoms with Gasteiger partial charge in [0.25, 0.3) is 5.91 Å². The number of hydrogen-bond acceptors (Lipinski definition) is 3. The van der Waals surface area contributed by atoms with Crippen LogP contribution in [-0.4, -0.2) is 19.1 Å². The normalized spacial score (nSPS) is 9.94. The van der Waals surface area contributed by atoms with Crippen LogP contribution < -0.4 is 10.2 Å². The van der Waals surface area contributed by atoms with Crippen LogP contribution >= 0.6 is 31.9 Å². The number of rotatable bonds is 5. The minimum Gasteiger partial charge on any atom is -0.483 e. The quantitative estimate of drug-likeness (QED) is 0.829. The molecule has 0 aliphatic carbocycles. The molecule has 1 amide bonds. The van der Waals surface area contributed by atoms with E-state index in [9.17, 15) is 4.79 Å². The van der Waals surface area contributed by atoms with Crippen LogP contribution in [0.2, 0.25) is 0 Å². The highest BCUT2D eigenvalue weighted by atomic mass is 79.9. The first kappa shape index (κ1) is 13.5. The Kier molecular flexibility index (Phi) is 5.79. The Hall–Kier alpha value is -0.590. The molecule has 0 saturated carbocycles. The number of carbonyl (C=O) groups is 1. The number of ether oxygens (including phenoxy) is 1. The molecular formula is C10H11Br2NO3. The van der Waals surface area contributed by atoms with E-state index in [1.165, 1.54) is 0 Å². The van der Waals surface area contributed by atoms with Crippen LogP contribution in [0.25, 0.3) is 0 Å². The molecule has 4 nitrogen and oxygen atoms in total. The van der Waals surface area contributed by atoms with Gasteiger partial charge in [0.1, 0.15) is 5.75 Å². The van der Waals surface area contributed by atoms with Crippen molar-refractivity contribution in [2.75, 3.05) is 13.2 Å². The smallest absolute Gasteiger partial charge is 0.281 e. The Labute approximate surface area is 111 Å². The van der Waals surface area contributed by atoms with Gasteiger partial charge in [-0.25, -0.2) is 5.48 Å². The van der Waals surface area contributed by atoms with Gasteiger partial charge < -0.3 is 4.74 Å². The predicted octanol–water partition coefficient (Wildman–Crippen LogP) is 2.66. The van der Waals surface area contributed by atoms with E-state index < -0.39 is 0 Å². The molecule has 0 spiro atoms. The molecular weight excluding hydrogens is 342 g/mol. The fourth-order valence-corrected chi connectivity index (χ4v) is 2.08. The molecule has 6 heteroatoms. The SMILES string of the molecule is CCONC(=O)COc1ccc(Br)cc1Br. The van der Waals surface area contributed by atoms with Crippen molar-refractivity contribution in [3.63, 3.8) is 0 Å². The summed E-state index contributed by atoms with van der Waals surface area (Å²) in [5, 5.41) is 0. The minimum absolute atomic E-state index is 0.0831. The topological polar surface area (TPSA) is 47.6 Å². The van der Waals surface area contributed by atoms with Crippen LogP contribution in [0.3, 0.4) is 0 Å². The second-order valence-corrected chi connectivity index (χ2v) is 4.59. The van der Waals surface area contributed by atoms with E-state index in [4.69, 9.17) is 9.57 Å². The van der Waals surface area contributed by atoms with Crippen molar-refractivity contribution < 1.29 is 14.4 Å². The molecule has 0 fully saturated rings. The lowest BCUT2D eigenvalue weighted by Gasteiger charge is -2.08. The minimum atomic E-state index is -0.323. The van der Waals surface area contributed by atoms with E-state index in [0.717, 1.165) is 8.95 Å². The van der Waals surface area contributed by atoms with Gasteiger partial charge in [0.2, 0.25) is 0 Å². The van der Waals surface area contributed by atoms with Gasteiger partial charge in [0, 0.05) is 4.47 Å². The summed E-state index contributed by atoms with van der Waals surface area (Å²) in [5.41, 5.74) is 2.24. The molecule has 0 aliphatic rings. The van der Waals surface area contributed by atoms with Gasteiger partial charge in [-0.3, -0.25) is 9.63 Å². The summed E-state index contributed by atoms with van der Waals surface area (Å²) in [7, 11) is 0. The van der Waals surface area contributed by atoms with Crippen LogP contribution in [0.5, 0.6) is 5.75 Å². The molecule has 0 saturated heterocycles. The highest BCUT2D eigenvalue weighted by molar-refractivity contribution is 9.11. The standard InChI is InChI=1S/C10H11Br2NO3/c1-2-16-13-10(14)6-15-9-4-3-7(11)5-8(9)12/h3-5H,2,6H2,1H3,(H,13,14). The molecule has 88 valence electrons. The monoisotopic (exact) mass is 351 g/mol. The lowest BCUT2D eigenvalue weighted by atomic mass is 10.3. The Bertz CT molecular complexity index is 371. The summed E-state index contributed by atoms with van der Waals surface area (Å²) < 4.78 is 7.01. The number of hydrogen-bond donors (Lipinski definition) is 1. The zero-order valence-electron chi connectivity index (χ0n) is 8.63. The first-order valence-corrected chi connectivity index (χ1v) is 6.20. The van der Waals surface area contributed by atoms with Gasteiger partial charge >= 0.3 is 0 Å². The maximum absolute atomic E-state index is 11.2. The highest BCUT2D eigenvalue weighted by Gasteiger charge is 2.05. The average Bonchev–Trinajstić information content (AvgIpc) is 2.25. The van der Waals surface area contributed by atoms with Gasteiger partial charge in [-0.15, -0.1) is 0 Å². The summed E-state index contributed by atoms with van der Waals surface area (Å²) in [6.07, 6.45) is 0. The maximum atomic E-state index is 11.2. The third-order valence-electron chi connectivity index (χ3n) is 1.58. The number of benzene rings is 1. The zero-order chi connectivity index (χ0) is 12.0. The Morgan fingerprint density at radius 3 is 2.81 bits per heavy atom. The van der Waals surface area contributed by atoms with Crippen LogP contribution in [0.1, 0.15) is 6.92 Å². The molecule has 1 rings (SSSR count). The van der Waals surface area contributed by atoms with Crippen molar-refractivity contribution in [1.82, 2.24) is 5.48 Å². The Morgan fingerprint density at radius 2 is 2.19 bits per heavy atom. The van der Waals surface area contributed by atoms with Gasteiger partial charge in [0.05, 0.1) is 11.1 Å². The molecule has 0 heterocycles. The fourth-order valence-electron chi connectivity index (χ4n) is 0.918. The van der Waals surface area contributed by atoms with Gasteiger partial charge in [-0.1, -0.05) is 15.9 Å². The van der Waals surface area contributed by atoms with Gasteiger partial charge in [-0.2, -0.15) is 0 Å². The summed E-state index contributed by atoms with van der Waals surface area (Å²) in [5.74, 6) is 0.284. The second-order valence-electron chi connectivity index (χ2n) is 2.82. The largest absolute Gasteiger partial charge is 0.483 e. The molecule has 0 atom stereocenters. The lowest BCUT2D eigenvalue weighted by molar-refractivity contribution is -0.135. The van der Waals surface area contributed by atoms with E-state index in [0.29, 0.717) is 12.4 Å². The predicted molar refractivity (Wildman–Crippen MR) is 67.1 cm³/mol. The second kappa shape index (κ2) is 6.88. The first-order valence-electron chi connectivity index (χ1n) is 4.62. The molecule has 16 heavy (non-hydrogen) atoms. The van der Waals surface area contributed by atoms with Crippen molar-refractivity contribution >= 4 is 37.8 Å². The summed E-state index contributed by atoms with van der Waals surface area (Å²) in [4.78, 5) is 15.9. The van der Waals surface area contributed by atoms with Crippen molar-refractivity contribution in [2.45, 2.75) is 6.92 Å². The van der Waals surface area contributed by atoms with E-state index in [-0.39, 0.29) is 12.5 Å². The number of halogens is 2. The molecule has 0 bridgehead atoms. The van der Waals surface area contributed by atoms with E-state index in [1.807, 2.05) is 12.1 Å². The Balaban J connectivity index is 2.45.